The lowest BCUT2D eigenvalue weighted by Crippen LogP contribution is -2.03. The first-order valence-electron chi connectivity index (χ1n) is 4.69. The van der Waals surface area contributed by atoms with Crippen LogP contribution in [0, 0.1) is 0 Å². The molecule has 0 radical (unpaired) electrons. The summed E-state index contributed by atoms with van der Waals surface area (Å²) < 4.78 is 0. The van der Waals surface area contributed by atoms with Crippen molar-refractivity contribution in [3.8, 4) is 0 Å². The van der Waals surface area contributed by atoms with E-state index < -0.39 is 0 Å². The molecular weight excluding hydrogens is 188 g/mol. The Morgan fingerprint density at radius 3 is 2.87 bits per heavy atom. The van der Waals surface area contributed by atoms with Crippen LogP contribution in [0.25, 0.3) is 5.57 Å². The lowest BCUT2D eigenvalue weighted by Gasteiger charge is -2.05. The van der Waals surface area contributed by atoms with Crippen molar-refractivity contribution >= 4 is 22.7 Å². The summed E-state index contributed by atoms with van der Waals surface area (Å²) in [6.45, 7) is 0. The SMILES string of the molecule is ON=C1C=CC2=Nc3ccccc3C2=C1. The maximum atomic E-state index is 8.71. The highest BCUT2D eigenvalue weighted by Gasteiger charge is 2.20. The zero-order valence-corrected chi connectivity index (χ0v) is 7.88. The standard InChI is InChI=1S/C12H8N2O/c15-14-8-5-6-12-10(7-8)9-3-1-2-4-11(9)13-12/h1-7,15H. The normalized spacial score (nSPS) is 19.6. The summed E-state index contributed by atoms with van der Waals surface area (Å²) in [6, 6.07) is 7.94. The van der Waals surface area contributed by atoms with E-state index in [-0.39, 0.29) is 0 Å². The minimum atomic E-state index is 0.556. The molecule has 0 aromatic heterocycles. The number of aliphatic imine (C=N–C) groups is 1. The molecule has 1 aliphatic carbocycles. The van der Waals surface area contributed by atoms with Crippen LogP contribution in [0.2, 0.25) is 0 Å². The molecule has 1 heterocycles. The molecule has 3 nitrogen and oxygen atoms in total. The maximum absolute atomic E-state index is 8.71. The summed E-state index contributed by atoms with van der Waals surface area (Å²) in [7, 11) is 0. The van der Waals surface area contributed by atoms with Crippen molar-refractivity contribution in [2.75, 3.05) is 0 Å². The molecule has 0 spiro atoms. The minimum Gasteiger partial charge on any atom is -0.410 e. The van der Waals surface area contributed by atoms with Crippen LogP contribution in [0.15, 0.2) is 52.6 Å². The lowest BCUT2D eigenvalue weighted by atomic mass is 9.97. The van der Waals surface area contributed by atoms with Crippen molar-refractivity contribution < 1.29 is 5.21 Å². The minimum absolute atomic E-state index is 0.556. The average Bonchev–Trinajstić information content (AvgIpc) is 2.66. The fraction of sp³-hybridized carbons (Fsp3) is 0. The Kier molecular flexibility index (Phi) is 1.59. The number of benzene rings is 1. The number of hydrogen-bond acceptors (Lipinski definition) is 3. The number of allylic oxidation sites excluding steroid dienone is 4. The molecule has 0 unspecified atom stereocenters. The highest BCUT2D eigenvalue weighted by atomic mass is 16.4. The second kappa shape index (κ2) is 2.92. The Bertz CT molecular complexity index is 550. The highest BCUT2D eigenvalue weighted by Crippen LogP contribution is 2.36. The zero-order valence-electron chi connectivity index (χ0n) is 7.88. The molecule has 0 amide bonds. The van der Waals surface area contributed by atoms with E-state index in [0.29, 0.717) is 5.71 Å². The molecule has 2 aliphatic rings. The molecule has 15 heavy (non-hydrogen) atoms. The molecular formula is C12H8N2O. The summed E-state index contributed by atoms with van der Waals surface area (Å²) in [5.74, 6) is 0. The van der Waals surface area contributed by atoms with E-state index in [4.69, 9.17) is 5.21 Å². The van der Waals surface area contributed by atoms with Gasteiger partial charge in [0.25, 0.3) is 0 Å². The van der Waals surface area contributed by atoms with Gasteiger partial charge in [-0.2, -0.15) is 0 Å². The van der Waals surface area contributed by atoms with Gasteiger partial charge in [0.15, 0.2) is 0 Å². The first-order chi connectivity index (χ1) is 7.38. The van der Waals surface area contributed by atoms with Crippen molar-refractivity contribution in [3.63, 3.8) is 0 Å². The quantitative estimate of drug-likeness (QED) is 0.387. The summed E-state index contributed by atoms with van der Waals surface area (Å²) in [6.07, 6.45) is 5.45. The van der Waals surface area contributed by atoms with Gasteiger partial charge in [0.1, 0.15) is 5.71 Å². The molecule has 3 rings (SSSR count). The van der Waals surface area contributed by atoms with Crippen LogP contribution in [0.5, 0.6) is 0 Å². The first kappa shape index (κ1) is 8.17. The molecule has 0 atom stereocenters. The van der Waals surface area contributed by atoms with Gasteiger partial charge in [-0.05, 0) is 24.3 Å². The second-order valence-electron chi connectivity index (χ2n) is 3.43. The molecule has 1 aromatic carbocycles. The Morgan fingerprint density at radius 1 is 1.13 bits per heavy atom. The van der Waals surface area contributed by atoms with E-state index in [9.17, 15) is 0 Å². The van der Waals surface area contributed by atoms with Gasteiger partial charge in [-0.1, -0.05) is 23.4 Å². The maximum Gasteiger partial charge on any atom is 0.103 e. The van der Waals surface area contributed by atoms with Gasteiger partial charge in [-0.25, -0.2) is 4.99 Å². The van der Waals surface area contributed by atoms with E-state index in [1.807, 2.05) is 36.4 Å². The Labute approximate surface area is 86.8 Å². The number of oxime groups is 1. The van der Waals surface area contributed by atoms with Gasteiger partial charge in [0.05, 0.1) is 11.4 Å². The number of rotatable bonds is 0. The zero-order chi connectivity index (χ0) is 10.3. The van der Waals surface area contributed by atoms with Gasteiger partial charge in [0.2, 0.25) is 0 Å². The van der Waals surface area contributed by atoms with Crippen molar-refractivity contribution in [2.24, 2.45) is 10.1 Å². The third kappa shape index (κ3) is 1.13. The predicted octanol–water partition coefficient (Wildman–Crippen LogP) is 2.56. The smallest absolute Gasteiger partial charge is 0.103 e. The summed E-state index contributed by atoms with van der Waals surface area (Å²) in [5.41, 5.74) is 4.59. The van der Waals surface area contributed by atoms with E-state index in [0.717, 1.165) is 22.5 Å². The Hall–Kier alpha value is -2.16. The molecule has 1 N–H and O–H groups in total. The largest absolute Gasteiger partial charge is 0.410 e. The van der Waals surface area contributed by atoms with Crippen molar-refractivity contribution in [1.29, 1.82) is 0 Å². The molecule has 1 aliphatic heterocycles. The van der Waals surface area contributed by atoms with Crippen molar-refractivity contribution in [2.45, 2.75) is 0 Å². The number of para-hydroxylation sites is 1. The topological polar surface area (TPSA) is 45.0 Å². The number of nitrogens with zero attached hydrogens (tertiary/aromatic N) is 2. The van der Waals surface area contributed by atoms with Gasteiger partial charge in [0, 0.05) is 11.1 Å². The summed E-state index contributed by atoms with van der Waals surface area (Å²) in [4.78, 5) is 4.47. The van der Waals surface area contributed by atoms with Crippen LogP contribution in [0.4, 0.5) is 5.69 Å². The van der Waals surface area contributed by atoms with Gasteiger partial charge >= 0.3 is 0 Å². The summed E-state index contributed by atoms with van der Waals surface area (Å²) in [5, 5.41) is 11.9. The number of hydrogen-bond donors (Lipinski definition) is 1. The molecule has 0 bridgehead atoms. The van der Waals surface area contributed by atoms with Crippen LogP contribution in [-0.4, -0.2) is 16.6 Å². The van der Waals surface area contributed by atoms with E-state index >= 15 is 0 Å². The Morgan fingerprint density at radius 2 is 2.00 bits per heavy atom. The van der Waals surface area contributed by atoms with E-state index in [1.54, 1.807) is 6.08 Å². The number of fused-ring (bicyclic) bond motifs is 3. The Balaban J connectivity index is 2.22. The fourth-order valence-electron chi connectivity index (χ4n) is 1.83. The second-order valence-corrected chi connectivity index (χ2v) is 3.43. The molecule has 3 heteroatoms. The molecule has 0 saturated heterocycles. The third-order valence-electron chi connectivity index (χ3n) is 2.53. The molecule has 0 saturated carbocycles. The highest BCUT2D eigenvalue weighted by molar-refractivity contribution is 6.40. The average molecular weight is 196 g/mol. The van der Waals surface area contributed by atoms with Crippen molar-refractivity contribution in [1.82, 2.24) is 0 Å². The van der Waals surface area contributed by atoms with Gasteiger partial charge in [-0.15, -0.1) is 0 Å². The molecule has 72 valence electrons. The van der Waals surface area contributed by atoms with Crippen LogP contribution >= 0.6 is 0 Å². The van der Waals surface area contributed by atoms with Gasteiger partial charge in [-0.3, -0.25) is 0 Å². The van der Waals surface area contributed by atoms with Crippen LogP contribution in [0.1, 0.15) is 5.56 Å². The van der Waals surface area contributed by atoms with E-state index in [2.05, 4.69) is 10.1 Å². The van der Waals surface area contributed by atoms with Gasteiger partial charge < -0.3 is 5.21 Å². The first-order valence-corrected chi connectivity index (χ1v) is 4.69. The van der Waals surface area contributed by atoms with E-state index in [1.165, 1.54) is 0 Å². The molecule has 0 fully saturated rings. The van der Waals surface area contributed by atoms with Crippen molar-refractivity contribution in [3.05, 3.63) is 48.1 Å². The monoisotopic (exact) mass is 196 g/mol. The predicted molar refractivity (Wildman–Crippen MR) is 59.9 cm³/mol. The van der Waals surface area contributed by atoms with Crippen LogP contribution in [0.3, 0.4) is 0 Å². The van der Waals surface area contributed by atoms with Crippen LogP contribution in [-0.2, 0) is 0 Å². The fourth-order valence-corrected chi connectivity index (χ4v) is 1.83. The third-order valence-corrected chi connectivity index (χ3v) is 2.53. The molecule has 1 aromatic rings. The lowest BCUT2D eigenvalue weighted by molar-refractivity contribution is 0.320. The summed E-state index contributed by atoms with van der Waals surface area (Å²) >= 11 is 0. The van der Waals surface area contributed by atoms with Crippen LogP contribution < -0.4 is 0 Å².